The van der Waals surface area contributed by atoms with Gasteiger partial charge < -0.3 is 63.5 Å². The first-order chi connectivity index (χ1) is 30.4. The summed E-state index contributed by atoms with van der Waals surface area (Å²) in [5.41, 5.74) is 13.1. The van der Waals surface area contributed by atoms with E-state index in [-0.39, 0.29) is 36.5 Å². The highest BCUT2D eigenvalue weighted by Crippen LogP contribution is 2.13. The van der Waals surface area contributed by atoms with Crippen LogP contribution in [0.3, 0.4) is 0 Å². The Hall–Kier alpha value is -7.05. The van der Waals surface area contributed by atoms with E-state index in [1.54, 1.807) is 44.2 Å². The van der Waals surface area contributed by atoms with Gasteiger partial charge in [0.05, 0.1) is 25.9 Å². The van der Waals surface area contributed by atoms with Crippen LogP contribution in [-0.2, 0) is 62.4 Å². The topological polar surface area (TPSA) is 379 Å². The highest BCUT2D eigenvalue weighted by atomic mass is 16.3. The summed E-state index contributed by atoms with van der Waals surface area (Å²) in [6.07, 6.45) is 5.03. The monoisotopic (exact) mass is 895 g/mol. The fraction of sp³-hybridized carbons (Fsp3) is 0.475. The van der Waals surface area contributed by atoms with Gasteiger partial charge in [-0.2, -0.15) is 0 Å². The normalized spacial score (nSPS) is 14.3. The molecule has 14 N–H and O–H groups in total. The second-order valence-electron chi connectivity index (χ2n) is 15.2. The SMILES string of the molecule is CC(=O)N[C@@H](Cc1cnc[nH]1)C(=O)N[C@@H](CO)C(=O)N(C(=O)[C@H](CO)NC(=O)[C@H](Cc1cnc[nH]1)NC(C)=O)[C@@H](CN)C(=O)N[C@@H](CC(C)C)C(=O)N[C@@H](Cc1ccccc1)C(N)=O. The van der Waals surface area contributed by atoms with Crippen molar-refractivity contribution >= 4 is 53.2 Å². The zero-order valence-electron chi connectivity index (χ0n) is 35.8. The number of carbonyl (C=O) groups excluding carboxylic acids is 9. The summed E-state index contributed by atoms with van der Waals surface area (Å²) in [5.74, 6) is -9.45. The van der Waals surface area contributed by atoms with Crippen LogP contribution in [0.5, 0.6) is 0 Å². The fourth-order valence-electron chi connectivity index (χ4n) is 6.45. The summed E-state index contributed by atoms with van der Waals surface area (Å²) in [4.78, 5) is 134. The Morgan fingerprint density at radius 1 is 0.625 bits per heavy atom. The number of nitrogens with two attached hydrogens (primary N) is 2. The van der Waals surface area contributed by atoms with Crippen molar-refractivity contribution in [3.05, 3.63) is 72.3 Å². The number of imide groups is 1. The van der Waals surface area contributed by atoms with Gasteiger partial charge in [-0.15, -0.1) is 0 Å². The number of nitrogens with one attached hydrogen (secondary N) is 8. The molecule has 3 aromatic rings. The van der Waals surface area contributed by atoms with E-state index < -0.39 is 115 Å². The number of aromatic amines is 2. The van der Waals surface area contributed by atoms with Crippen LogP contribution in [0.4, 0.5) is 0 Å². The number of amides is 9. The maximum absolute atomic E-state index is 14.5. The molecule has 0 fully saturated rings. The van der Waals surface area contributed by atoms with Crippen LogP contribution < -0.4 is 43.4 Å². The average molecular weight is 896 g/mol. The van der Waals surface area contributed by atoms with E-state index in [0.29, 0.717) is 17.0 Å². The number of aliphatic hydroxyl groups excluding tert-OH is 2. The maximum Gasteiger partial charge on any atom is 0.254 e. The van der Waals surface area contributed by atoms with Crippen LogP contribution in [0.15, 0.2) is 55.4 Å². The smallest absolute Gasteiger partial charge is 0.254 e. The maximum atomic E-state index is 14.5. The predicted molar refractivity (Wildman–Crippen MR) is 225 cm³/mol. The molecule has 0 spiro atoms. The van der Waals surface area contributed by atoms with E-state index in [9.17, 15) is 53.4 Å². The Balaban J connectivity index is 2.03. The number of nitrogens with zero attached hydrogens (tertiary/aromatic N) is 3. The van der Waals surface area contributed by atoms with Gasteiger partial charge in [0, 0.05) is 63.4 Å². The van der Waals surface area contributed by atoms with Gasteiger partial charge in [-0.25, -0.2) is 9.97 Å². The van der Waals surface area contributed by atoms with Crippen LogP contribution in [0, 0.1) is 5.92 Å². The Morgan fingerprint density at radius 3 is 1.44 bits per heavy atom. The molecule has 0 bridgehead atoms. The van der Waals surface area contributed by atoms with E-state index in [0.717, 1.165) is 13.8 Å². The molecular formula is C40H57N13O11. The number of hydrogen-bond donors (Lipinski definition) is 12. The molecule has 7 atom stereocenters. The molecule has 0 aliphatic carbocycles. The first-order valence-corrected chi connectivity index (χ1v) is 20.2. The molecule has 0 aliphatic heterocycles. The molecule has 2 heterocycles. The van der Waals surface area contributed by atoms with Crippen molar-refractivity contribution in [3.8, 4) is 0 Å². The summed E-state index contributed by atoms with van der Waals surface area (Å²) in [5, 5.41) is 35.4. The van der Waals surface area contributed by atoms with Crippen molar-refractivity contribution in [2.24, 2.45) is 17.4 Å². The quantitative estimate of drug-likeness (QED) is 0.0381. The molecule has 3 rings (SSSR count). The highest BCUT2D eigenvalue weighted by Gasteiger charge is 2.43. The minimum Gasteiger partial charge on any atom is -0.394 e. The Kier molecular flexibility index (Phi) is 20.2. The minimum atomic E-state index is -2.05. The Bertz CT molecular complexity index is 1960. The lowest BCUT2D eigenvalue weighted by atomic mass is 10.0. The number of rotatable bonds is 25. The van der Waals surface area contributed by atoms with E-state index in [2.05, 4.69) is 51.8 Å². The average Bonchev–Trinajstić information content (AvgIpc) is 3.97. The van der Waals surface area contributed by atoms with E-state index in [1.807, 2.05) is 0 Å². The molecule has 2 aromatic heterocycles. The zero-order valence-corrected chi connectivity index (χ0v) is 35.8. The lowest BCUT2D eigenvalue weighted by Crippen LogP contribution is -2.66. The van der Waals surface area contributed by atoms with Gasteiger partial charge in [0.1, 0.15) is 42.3 Å². The van der Waals surface area contributed by atoms with Gasteiger partial charge in [0.25, 0.3) is 11.8 Å². The summed E-state index contributed by atoms with van der Waals surface area (Å²) in [6.45, 7) is 2.49. The minimum absolute atomic E-state index is 0.00433. The molecule has 0 radical (unpaired) electrons. The van der Waals surface area contributed by atoms with Crippen LogP contribution in [-0.4, -0.2) is 150 Å². The van der Waals surface area contributed by atoms with E-state index in [4.69, 9.17) is 11.5 Å². The first kappa shape index (κ1) is 51.3. The third kappa shape index (κ3) is 15.7. The third-order valence-corrected chi connectivity index (χ3v) is 9.54. The first-order valence-electron chi connectivity index (χ1n) is 20.2. The summed E-state index contributed by atoms with van der Waals surface area (Å²) >= 11 is 0. The third-order valence-electron chi connectivity index (χ3n) is 9.54. The van der Waals surface area contributed by atoms with Crippen LogP contribution in [0.25, 0.3) is 0 Å². The number of H-pyrrole nitrogens is 2. The molecule has 348 valence electrons. The van der Waals surface area contributed by atoms with Crippen molar-refractivity contribution in [3.63, 3.8) is 0 Å². The lowest BCUT2D eigenvalue weighted by molar-refractivity contribution is -0.157. The molecule has 0 saturated heterocycles. The zero-order chi connectivity index (χ0) is 47.5. The van der Waals surface area contributed by atoms with Crippen molar-refractivity contribution < 1.29 is 53.4 Å². The molecular weight excluding hydrogens is 839 g/mol. The fourth-order valence-corrected chi connectivity index (χ4v) is 6.45. The number of carbonyl (C=O) groups is 9. The highest BCUT2D eigenvalue weighted by molar-refractivity contribution is 6.07. The summed E-state index contributed by atoms with van der Waals surface area (Å²) < 4.78 is 0. The second kappa shape index (κ2) is 25.2. The van der Waals surface area contributed by atoms with Gasteiger partial charge in [-0.3, -0.25) is 48.1 Å². The molecule has 64 heavy (non-hydrogen) atoms. The van der Waals surface area contributed by atoms with E-state index >= 15 is 0 Å². The van der Waals surface area contributed by atoms with Gasteiger partial charge >= 0.3 is 0 Å². The molecule has 1 aromatic carbocycles. The van der Waals surface area contributed by atoms with Gasteiger partial charge in [-0.05, 0) is 17.9 Å². The number of hydrogen-bond acceptors (Lipinski definition) is 14. The summed E-state index contributed by atoms with van der Waals surface area (Å²) in [7, 11) is 0. The lowest BCUT2D eigenvalue weighted by Gasteiger charge is -2.35. The molecule has 0 unspecified atom stereocenters. The van der Waals surface area contributed by atoms with Gasteiger partial charge in [-0.1, -0.05) is 44.2 Å². The van der Waals surface area contributed by atoms with Crippen LogP contribution in [0.1, 0.15) is 51.1 Å². The molecule has 0 aliphatic rings. The number of aliphatic hydroxyl groups is 2. The van der Waals surface area contributed by atoms with Crippen molar-refractivity contribution in [2.45, 2.75) is 95.7 Å². The van der Waals surface area contributed by atoms with Crippen molar-refractivity contribution in [2.75, 3.05) is 19.8 Å². The van der Waals surface area contributed by atoms with Crippen LogP contribution >= 0.6 is 0 Å². The number of benzene rings is 1. The van der Waals surface area contributed by atoms with Crippen molar-refractivity contribution in [1.29, 1.82) is 0 Å². The van der Waals surface area contributed by atoms with Crippen molar-refractivity contribution in [1.82, 2.24) is 56.7 Å². The Morgan fingerprint density at radius 2 is 1.06 bits per heavy atom. The van der Waals surface area contributed by atoms with Gasteiger partial charge in [0.2, 0.25) is 41.4 Å². The number of aromatic nitrogens is 4. The summed E-state index contributed by atoms with van der Waals surface area (Å²) in [6, 6.07) is -2.83. The van der Waals surface area contributed by atoms with E-state index in [1.165, 1.54) is 25.0 Å². The van der Waals surface area contributed by atoms with Crippen LogP contribution in [0.2, 0.25) is 0 Å². The largest absolute Gasteiger partial charge is 0.394 e. The molecule has 9 amide bonds. The van der Waals surface area contributed by atoms with Gasteiger partial charge in [0.15, 0.2) is 0 Å². The standard InChI is InChI=1S/C40H57N13O11/c1-21(2)10-28(35(59)49-27(34(42)58)11-24-8-6-5-7-9-24)50-38(62)33(14-41)53(39(63)31(17-54)51-36(60)29(47-22(3)56)12-25-15-43-19-45-25)40(64)32(18-55)52-37(61)30(48-23(4)57)13-26-16-44-20-46-26/h5-9,15-16,19-21,27-33,54-55H,10-14,17-18,41H2,1-4H3,(H2,42,58)(H,43,45)(H,44,46)(H,47,56)(H,48,57)(H,49,59)(H,50,62)(H,51,60)(H,52,61)/t27-,28-,29-,30-,31-,32-,33-/m0/s1. The molecule has 0 saturated carbocycles. The predicted octanol–water partition coefficient (Wildman–Crippen LogP) is -4.69. The molecule has 24 nitrogen and oxygen atoms in total. The second-order valence-corrected chi connectivity index (χ2v) is 15.2. The Labute approximate surface area is 367 Å². The number of imidazole rings is 2. The molecule has 24 heteroatoms. The number of primary amides is 1.